The molecule has 4 nitrogen and oxygen atoms in total. The molecule has 4 rings (SSSR count). The predicted octanol–water partition coefficient (Wildman–Crippen LogP) is 4.63. The molecule has 2 aromatic heterocycles. The first kappa shape index (κ1) is 17.7. The molecule has 1 atom stereocenters. The topological polar surface area (TPSA) is 79.1 Å². The maximum atomic E-state index is 14.7. The summed E-state index contributed by atoms with van der Waals surface area (Å²) in [4.78, 5) is 15.3. The lowest BCUT2D eigenvalue weighted by molar-refractivity contribution is 0.477. The Morgan fingerprint density at radius 3 is 2.70 bits per heavy atom. The highest BCUT2D eigenvalue weighted by Crippen LogP contribution is 2.41. The van der Waals surface area contributed by atoms with Gasteiger partial charge in [0.15, 0.2) is 0 Å². The summed E-state index contributed by atoms with van der Waals surface area (Å²) in [5.41, 5.74) is 8.52. The average Bonchev–Trinajstić information content (AvgIpc) is 3.13. The van der Waals surface area contributed by atoms with E-state index in [2.05, 4.69) is 4.98 Å². The fourth-order valence-corrected chi connectivity index (χ4v) is 4.40. The molecule has 27 heavy (non-hydrogen) atoms. The van der Waals surface area contributed by atoms with E-state index in [1.54, 1.807) is 23.6 Å². The van der Waals surface area contributed by atoms with Crippen molar-refractivity contribution >= 4 is 33.0 Å². The minimum Gasteiger partial charge on any atom is -0.507 e. The summed E-state index contributed by atoms with van der Waals surface area (Å²) in [6, 6.07) is 6.52. The lowest BCUT2D eigenvalue weighted by Gasteiger charge is -2.15. The highest BCUT2D eigenvalue weighted by atomic mass is 32.1. The number of hydrogen-bond donors (Lipinski definition) is 3. The van der Waals surface area contributed by atoms with Gasteiger partial charge in [0.2, 0.25) is 0 Å². The summed E-state index contributed by atoms with van der Waals surface area (Å²) < 4.78 is 14.7. The molecule has 2 aromatic carbocycles. The first-order valence-electron chi connectivity index (χ1n) is 8.66. The highest BCUT2D eigenvalue weighted by molar-refractivity contribution is 7.09. The van der Waals surface area contributed by atoms with Crippen LogP contribution in [0.15, 0.2) is 39.8 Å². The standard InChI is InChI=1S/C21H19FN2O2S/c1-10-5-17(25)18(12-3-4-13(11(2)7-23)16(22)6-12)19-14-8-27-9-15(14)21(26)24-20(10)19/h3-6,8-9,11,25H,7,23H2,1-2H3,(H,24,26). The molecule has 0 amide bonds. The van der Waals surface area contributed by atoms with E-state index in [9.17, 15) is 14.3 Å². The summed E-state index contributed by atoms with van der Waals surface area (Å²) in [5.74, 6) is -0.398. The first-order valence-corrected chi connectivity index (χ1v) is 9.61. The Balaban J connectivity index is 2.09. The van der Waals surface area contributed by atoms with E-state index in [1.807, 2.05) is 19.2 Å². The van der Waals surface area contributed by atoms with Gasteiger partial charge in [0.1, 0.15) is 11.6 Å². The van der Waals surface area contributed by atoms with E-state index in [0.717, 1.165) is 16.3 Å². The van der Waals surface area contributed by atoms with Gasteiger partial charge in [-0.3, -0.25) is 4.79 Å². The van der Waals surface area contributed by atoms with Crippen molar-refractivity contribution in [1.82, 2.24) is 4.98 Å². The third-order valence-electron chi connectivity index (χ3n) is 5.09. The summed E-state index contributed by atoms with van der Waals surface area (Å²) in [6.07, 6.45) is 0. The van der Waals surface area contributed by atoms with Crippen LogP contribution in [0.25, 0.3) is 32.8 Å². The van der Waals surface area contributed by atoms with Gasteiger partial charge in [-0.25, -0.2) is 4.39 Å². The largest absolute Gasteiger partial charge is 0.507 e. The van der Waals surface area contributed by atoms with E-state index >= 15 is 0 Å². The maximum Gasteiger partial charge on any atom is 0.257 e. The lowest BCUT2D eigenvalue weighted by Crippen LogP contribution is -2.10. The van der Waals surface area contributed by atoms with Gasteiger partial charge in [-0.05, 0) is 53.6 Å². The molecule has 2 heterocycles. The summed E-state index contributed by atoms with van der Waals surface area (Å²) in [7, 11) is 0. The van der Waals surface area contributed by atoms with Gasteiger partial charge < -0.3 is 15.8 Å². The van der Waals surface area contributed by atoms with E-state index in [-0.39, 0.29) is 23.0 Å². The van der Waals surface area contributed by atoms with Crippen molar-refractivity contribution < 1.29 is 9.50 Å². The molecule has 0 bridgehead atoms. The smallest absolute Gasteiger partial charge is 0.257 e. The molecule has 0 saturated heterocycles. The van der Waals surface area contributed by atoms with E-state index in [0.29, 0.717) is 34.1 Å². The zero-order chi connectivity index (χ0) is 19.3. The van der Waals surface area contributed by atoms with Crippen LogP contribution in [0.2, 0.25) is 0 Å². The Morgan fingerprint density at radius 1 is 1.26 bits per heavy atom. The number of aromatic nitrogens is 1. The normalized spacial score (nSPS) is 12.7. The van der Waals surface area contributed by atoms with Crippen LogP contribution in [0, 0.1) is 12.7 Å². The van der Waals surface area contributed by atoms with Crippen molar-refractivity contribution in [1.29, 1.82) is 0 Å². The van der Waals surface area contributed by atoms with Gasteiger partial charge in [0.25, 0.3) is 5.56 Å². The van der Waals surface area contributed by atoms with Crippen molar-refractivity contribution in [2.75, 3.05) is 6.54 Å². The van der Waals surface area contributed by atoms with Crippen molar-refractivity contribution in [3.05, 3.63) is 62.3 Å². The fraction of sp³-hybridized carbons (Fsp3) is 0.190. The van der Waals surface area contributed by atoms with Gasteiger partial charge in [0, 0.05) is 21.7 Å². The number of phenolic OH excluding ortho intramolecular Hbond substituents is 1. The number of halogens is 1. The number of H-pyrrole nitrogens is 1. The van der Waals surface area contributed by atoms with Crippen LogP contribution in [-0.2, 0) is 0 Å². The van der Waals surface area contributed by atoms with Crippen molar-refractivity contribution in [2.24, 2.45) is 5.73 Å². The van der Waals surface area contributed by atoms with Gasteiger partial charge in [-0.1, -0.05) is 19.1 Å². The number of hydrogen-bond acceptors (Lipinski definition) is 4. The molecule has 0 spiro atoms. The van der Waals surface area contributed by atoms with Crippen LogP contribution in [0.1, 0.15) is 24.0 Å². The van der Waals surface area contributed by atoms with Gasteiger partial charge in [-0.15, -0.1) is 0 Å². The zero-order valence-corrected chi connectivity index (χ0v) is 15.8. The van der Waals surface area contributed by atoms with Gasteiger partial charge in [0.05, 0.1) is 10.9 Å². The number of nitrogens with one attached hydrogen (secondary N) is 1. The molecular weight excluding hydrogens is 363 g/mol. The van der Waals surface area contributed by atoms with Crippen molar-refractivity contribution in [3.8, 4) is 16.9 Å². The number of rotatable bonds is 3. The molecule has 138 valence electrons. The average molecular weight is 382 g/mol. The number of phenols is 1. The number of aromatic hydroxyl groups is 1. The number of pyridine rings is 1. The predicted molar refractivity (Wildman–Crippen MR) is 109 cm³/mol. The van der Waals surface area contributed by atoms with Crippen LogP contribution >= 0.6 is 11.3 Å². The molecule has 6 heteroatoms. The Hall–Kier alpha value is -2.70. The van der Waals surface area contributed by atoms with Crippen LogP contribution in [0.5, 0.6) is 5.75 Å². The van der Waals surface area contributed by atoms with Crippen molar-refractivity contribution in [2.45, 2.75) is 19.8 Å². The van der Waals surface area contributed by atoms with Gasteiger partial charge in [-0.2, -0.15) is 11.3 Å². The minimum atomic E-state index is -0.357. The number of aromatic amines is 1. The fourth-order valence-electron chi connectivity index (χ4n) is 3.58. The molecule has 0 radical (unpaired) electrons. The van der Waals surface area contributed by atoms with E-state index in [4.69, 9.17) is 5.73 Å². The SMILES string of the molecule is Cc1cc(O)c(-c2ccc(C(C)CN)c(F)c2)c2c1[nH]c(=O)c1cscc12. The van der Waals surface area contributed by atoms with Crippen LogP contribution in [0.3, 0.4) is 0 Å². The Labute approximate surface area is 159 Å². The number of fused-ring (bicyclic) bond motifs is 3. The third kappa shape index (κ3) is 2.72. The van der Waals surface area contributed by atoms with Gasteiger partial charge >= 0.3 is 0 Å². The highest BCUT2D eigenvalue weighted by Gasteiger charge is 2.19. The maximum absolute atomic E-state index is 14.7. The second-order valence-electron chi connectivity index (χ2n) is 6.86. The summed E-state index contributed by atoms with van der Waals surface area (Å²) in [5, 5.41) is 16.4. The lowest BCUT2D eigenvalue weighted by atomic mass is 9.92. The summed E-state index contributed by atoms with van der Waals surface area (Å²) in [6.45, 7) is 4.05. The molecule has 0 aliphatic heterocycles. The molecule has 4 N–H and O–H groups in total. The minimum absolute atomic E-state index is 0.0542. The number of aryl methyl sites for hydroxylation is 1. The number of thiophene rings is 1. The Bertz CT molecular complexity index is 1240. The number of benzene rings is 2. The van der Waals surface area contributed by atoms with E-state index < -0.39 is 0 Å². The summed E-state index contributed by atoms with van der Waals surface area (Å²) >= 11 is 1.42. The molecule has 0 aliphatic rings. The monoisotopic (exact) mass is 382 g/mol. The first-order chi connectivity index (χ1) is 12.9. The quantitative estimate of drug-likeness (QED) is 0.483. The molecule has 0 fully saturated rings. The number of nitrogens with two attached hydrogens (primary N) is 1. The molecular formula is C21H19FN2O2S. The molecule has 0 saturated carbocycles. The molecule has 4 aromatic rings. The second-order valence-corrected chi connectivity index (χ2v) is 7.61. The molecule has 1 unspecified atom stereocenters. The van der Waals surface area contributed by atoms with E-state index in [1.165, 1.54) is 17.4 Å². The van der Waals surface area contributed by atoms with Crippen LogP contribution < -0.4 is 11.3 Å². The second kappa shape index (κ2) is 6.48. The van der Waals surface area contributed by atoms with Crippen LogP contribution in [-0.4, -0.2) is 16.6 Å². The van der Waals surface area contributed by atoms with Crippen molar-refractivity contribution in [3.63, 3.8) is 0 Å². The Kier molecular flexibility index (Phi) is 4.25. The Morgan fingerprint density at radius 2 is 2.00 bits per heavy atom. The zero-order valence-electron chi connectivity index (χ0n) is 15.0. The third-order valence-corrected chi connectivity index (χ3v) is 5.84. The van der Waals surface area contributed by atoms with Crippen LogP contribution in [0.4, 0.5) is 4.39 Å². The molecule has 0 aliphatic carbocycles.